The van der Waals surface area contributed by atoms with E-state index in [0.29, 0.717) is 12.3 Å². The highest BCUT2D eigenvalue weighted by atomic mass is 16.2. The van der Waals surface area contributed by atoms with Gasteiger partial charge in [-0.25, -0.2) is 0 Å². The third-order valence-electron chi connectivity index (χ3n) is 3.61. The molecule has 98 valence electrons. The van der Waals surface area contributed by atoms with Crippen molar-refractivity contribution in [1.82, 2.24) is 4.90 Å². The van der Waals surface area contributed by atoms with Crippen LogP contribution in [0, 0.1) is 0 Å². The first kappa shape index (κ1) is 12.9. The number of carbonyl (C=O) groups excluding carboxylic acids is 1. The van der Waals surface area contributed by atoms with Crippen LogP contribution in [0.1, 0.15) is 50.6 Å². The van der Waals surface area contributed by atoms with Gasteiger partial charge in [0.05, 0.1) is 6.04 Å². The maximum Gasteiger partial charge on any atom is 0.223 e. The average Bonchev–Trinajstić information content (AvgIpc) is 2.85. The molecule has 0 aromatic heterocycles. The van der Waals surface area contributed by atoms with E-state index in [9.17, 15) is 4.79 Å². The van der Waals surface area contributed by atoms with Gasteiger partial charge in [-0.15, -0.1) is 0 Å². The fraction of sp³-hybridized carbons (Fsp3) is 0.533. The summed E-state index contributed by atoms with van der Waals surface area (Å²) in [5, 5.41) is 0. The fourth-order valence-corrected chi connectivity index (χ4v) is 2.65. The lowest BCUT2D eigenvalue weighted by atomic mass is 10.0. The molecular weight excluding hydrogens is 224 g/mol. The van der Waals surface area contributed by atoms with E-state index in [1.165, 1.54) is 5.56 Å². The minimum Gasteiger partial charge on any atom is -0.399 e. The van der Waals surface area contributed by atoms with Crippen LogP contribution in [0.2, 0.25) is 0 Å². The van der Waals surface area contributed by atoms with E-state index in [-0.39, 0.29) is 6.04 Å². The topological polar surface area (TPSA) is 46.3 Å². The van der Waals surface area contributed by atoms with Crippen molar-refractivity contribution in [3.8, 4) is 0 Å². The molecule has 1 aromatic rings. The molecule has 0 aliphatic carbocycles. The highest BCUT2D eigenvalue weighted by Crippen LogP contribution is 2.33. The zero-order valence-electron chi connectivity index (χ0n) is 11.1. The predicted octanol–water partition coefficient (Wildman–Crippen LogP) is 3.12. The van der Waals surface area contributed by atoms with Gasteiger partial charge in [0.1, 0.15) is 0 Å². The SMILES string of the molecule is CCCCC(=O)N1CCCC1c1cccc(N)c1. The Labute approximate surface area is 109 Å². The van der Waals surface area contributed by atoms with Gasteiger partial charge in [0.15, 0.2) is 0 Å². The second-order valence-electron chi connectivity index (χ2n) is 5.02. The minimum absolute atomic E-state index is 0.234. The summed E-state index contributed by atoms with van der Waals surface area (Å²) in [6, 6.07) is 8.17. The van der Waals surface area contributed by atoms with Crippen molar-refractivity contribution < 1.29 is 4.79 Å². The van der Waals surface area contributed by atoms with Gasteiger partial charge in [-0.05, 0) is 37.0 Å². The number of benzene rings is 1. The van der Waals surface area contributed by atoms with Crippen LogP contribution in [0.5, 0.6) is 0 Å². The number of carbonyl (C=O) groups is 1. The number of hydrogen-bond acceptors (Lipinski definition) is 2. The number of nitrogens with two attached hydrogens (primary N) is 1. The molecule has 0 radical (unpaired) electrons. The van der Waals surface area contributed by atoms with Gasteiger partial charge in [-0.3, -0.25) is 4.79 Å². The number of unbranched alkanes of at least 4 members (excludes halogenated alkanes) is 1. The van der Waals surface area contributed by atoms with Crippen LogP contribution in [0.4, 0.5) is 5.69 Å². The second-order valence-corrected chi connectivity index (χ2v) is 5.02. The average molecular weight is 246 g/mol. The molecule has 1 unspecified atom stereocenters. The summed E-state index contributed by atoms with van der Waals surface area (Å²) in [6.07, 6.45) is 4.88. The molecule has 1 saturated heterocycles. The smallest absolute Gasteiger partial charge is 0.223 e. The summed E-state index contributed by atoms with van der Waals surface area (Å²) < 4.78 is 0. The normalized spacial score (nSPS) is 19.2. The van der Waals surface area contributed by atoms with Crippen LogP contribution in [0.25, 0.3) is 0 Å². The van der Waals surface area contributed by atoms with Gasteiger partial charge in [0.2, 0.25) is 5.91 Å². The Kier molecular flexibility index (Phi) is 4.24. The highest BCUT2D eigenvalue weighted by molar-refractivity contribution is 5.77. The van der Waals surface area contributed by atoms with E-state index in [1.807, 2.05) is 23.1 Å². The summed E-state index contributed by atoms with van der Waals surface area (Å²) in [7, 11) is 0. The largest absolute Gasteiger partial charge is 0.399 e. The van der Waals surface area contributed by atoms with Gasteiger partial charge in [0, 0.05) is 18.7 Å². The molecule has 3 nitrogen and oxygen atoms in total. The summed E-state index contributed by atoms with van der Waals surface area (Å²) in [5.74, 6) is 0.293. The molecule has 1 aromatic carbocycles. The summed E-state index contributed by atoms with van der Waals surface area (Å²) in [5.41, 5.74) is 7.78. The molecule has 1 fully saturated rings. The molecule has 0 bridgehead atoms. The number of nitrogens with zero attached hydrogens (tertiary/aromatic N) is 1. The van der Waals surface area contributed by atoms with Crippen molar-refractivity contribution in [2.45, 2.75) is 45.1 Å². The third kappa shape index (κ3) is 2.84. The lowest BCUT2D eigenvalue weighted by molar-refractivity contribution is -0.132. The van der Waals surface area contributed by atoms with Crippen LogP contribution in [0.15, 0.2) is 24.3 Å². The lowest BCUT2D eigenvalue weighted by Crippen LogP contribution is -2.30. The lowest BCUT2D eigenvalue weighted by Gasteiger charge is -2.25. The fourth-order valence-electron chi connectivity index (χ4n) is 2.65. The molecular formula is C15H22N2O. The van der Waals surface area contributed by atoms with Crippen molar-refractivity contribution in [1.29, 1.82) is 0 Å². The van der Waals surface area contributed by atoms with Gasteiger partial charge in [-0.2, -0.15) is 0 Å². The van der Waals surface area contributed by atoms with E-state index in [2.05, 4.69) is 13.0 Å². The van der Waals surface area contributed by atoms with Crippen molar-refractivity contribution in [2.24, 2.45) is 0 Å². The van der Waals surface area contributed by atoms with Crippen LogP contribution in [-0.4, -0.2) is 17.4 Å². The molecule has 1 aliphatic rings. The molecule has 2 N–H and O–H groups in total. The summed E-state index contributed by atoms with van der Waals surface area (Å²) in [6.45, 7) is 3.01. The van der Waals surface area contributed by atoms with Crippen molar-refractivity contribution >= 4 is 11.6 Å². The van der Waals surface area contributed by atoms with Gasteiger partial charge >= 0.3 is 0 Å². The quantitative estimate of drug-likeness (QED) is 0.830. The van der Waals surface area contributed by atoms with E-state index in [0.717, 1.165) is 37.9 Å². The van der Waals surface area contributed by atoms with Crippen LogP contribution >= 0.6 is 0 Å². The zero-order chi connectivity index (χ0) is 13.0. The Hall–Kier alpha value is -1.51. The van der Waals surface area contributed by atoms with E-state index >= 15 is 0 Å². The molecule has 3 heteroatoms. The Morgan fingerprint density at radius 2 is 2.33 bits per heavy atom. The van der Waals surface area contributed by atoms with Crippen LogP contribution in [0.3, 0.4) is 0 Å². The Morgan fingerprint density at radius 3 is 3.06 bits per heavy atom. The van der Waals surface area contributed by atoms with Crippen molar-refractivity contribution in [3.63, 3.8) is 0 Å². The Balaban J connectivity index is 2.10. The minimum atomic E-state index is 0.234. The maximum atomic E-state index is 12.2. The molecule has 2 rings (SSSR count). The van der Waals surface area contributed by atoms with Crippen molar-refractivity contribution in [2.75, 3.05) is 12.3 Å². The first-order valence-corrected chi connectivity index (χ1v) is 6.87. The highest BCUT2D eigenvalue weighted by Gasteiger charge is 2.29. The number of hydrogen-bond donors (Lipinski definition) is 1. The standard InChI is InChI=1S/C15H22N2O/c1-2-3-9-15(18)17-10-5-8-14(17)12-6-4-7-13(16)11-12/h4,6-7,11,14H,2-3,5,8-10,16H2,1H3. The van der Waals surface area contributed by atoms with Crippen LogP contribution in [-0.2, 0) is 4.79 Å². The number of amides is 1. The molecule has 1 atom stereocenters. The molecule has 18 heavy (non-hydrogen) atoms. The third-order valence-corrected chi connectivity index (χ3v) is 3.61. The molecule has 1 heterocycles. The Bertz CT molecular complexity index is 417. The van der Waals surface area contributed by atoms with Crippen molar-refractivity contribution in [3.05, 3.63) is 29.8 Å². The first-order valence-electron chi connectivity index (χ1n) is 6.87. The summed E-state index contributed by atoms with van der Waals surface area (Å²) in [4.78, 5) is 14.2. The van der Waals surface area contributed by atoms with Gasteiger partial charge < -0.3 is 10.6 Å². The second kappa shape index (κ2) is 5.89. The maximum absolute atomic E-state index is 12.2. The first-order chi connectivity index (χ1) is 8.72. The van der Waals surface area contributed by atoms with Crippen LogP contribution < -0.4 is 5.73 Å². The van der Waals surface area contributed by atoms with E-state index in [1.54, 1.807) is 0 Å². The number of likely N-dealkylation sites (tertiary alicyclic amines) is 1. The molecule has 1 amide bonds. The zero-order valence-corrected chi connectivity index (χ0v) is 11.1. The van der Waals surface area contributed by atoms with E-state index in [4.69, 9.17) is 5.73 Å². The Morgan fingerprint density at radius 1 is 1.50 bits per heavy atom. The van der Waals surface area contributed by atoms with Gasteiger partial charge in [-0.1, -0.05) is 25.5 Å². The van der Waals surface area contributed by atoms with Gasteiger partial charge in [0.25, 0.3) is 0 Å². The van der Waals surface area contributed by atoms with E-state index < -0.39 is 0 Å². The predicted molar refractivity (Wildman–Crippen MR) is 74.1 cm³/mol. The molecule has 0 spiro atoms. The number of anilines is 1. The summed E-state index contributed by atoms with van der Waals surface area (Å²) >= 11 is 0. The molecule has 1 aliphatic heterocycles. The monoisotopic (exact) mass is 246 g/mol. The number of rotatable bonds is 4. The molecule has 0 saturated carbocycles. The number of nitrogen functional groups attached to an aromatic ring is 1.